The van der Waals surface area contributed by atoms with E-state index in [4.69, 9.17) is 0 Å². The SMILES string of the molecule is CCCCCCCCCCC/C=C\C/C=C\CCCCCCCCCCCCCC(=O)NC(CO)C(O)C(O)CCCCCCCCCCCCCCCCCCCC. The molecule has 0 aliphatic heterocycles. The van der Waals surface area contributed by atoms with Gasteiger partial charge in [0.1, 0.15) is 6.10 Å². The molecule has 3 atom stereocenters. The smallest absolute Gasteiger partial charge is 0.220 e. The molecule has 0 aromatic rings. The number of carbonyl (C=O) groups excluding carboxylic acids is 1. The molecule has 59 heavy (non-hydrogen) atoms. The monoisotopic (exact) mass is 832 g/mol. The van der Waals surface area contributed by atoms with Gasteiger partial charge in [0, 0.05) is 6.42 Å². The molecule has 1 amide bonds. The second-order valence-corrected chi connectivity index (χ2v) is 18.4. The van der Waals surface area contributed by atoms with Crippen LogP contribution in [0.1, 0.15) is 290 Å². The Morgan fingerprint density at radius 1 is 0.424 bits per heavy atom. The summed E-state index contributed by atoms with van der Waals surface area (Å²) in [7, 11) is 0. The second kappa shape index (κ2) is 49.5. The maximum Gasteiger partial charge on any atom is 0.220 e. The van der Waals surface area contributed by atoms with Gasteiger partial charge in [-0.2, -0.15) is 0 Å². The third kappa shape index (κ3) is 44.7. The van der Waals surface area contributed by atoms with Crippen molar-refractivity contribution >= 4 is 5.91 Å². The number of unbranched alkanes of at least 4 members (excludes halogenated alkanes) is 37. The van der Waals surface area contributed by atoms with Gasteiger partial charge in [0.2, 0.25) is 5.91 Å². The Kier molecular flexibility index (Phi) is 48.5. The highest BCUT2D eigenvalue weighted by Gasteiger charge is 2.26. The van der Waals surface area contributed by atoms with Gasteiger partial charge in [-0.3, -0.25) is 4.79 Å². The molecular weight excluding hydrogens is 727 g/mol. The predicted molar refractivity (Wildman–Crippen MR) is 259 cm³/mol. The number of carbonyl (C=O) groups is 1. The Hall–Kier alpha value is -1.17. The molecule has 0 heterocycles. The molecule has 0 aromatic carbocycles. The van der Waals surface area contributed by atoms with Crippen molar-refractivity contribution in [1.29, 1.82) is 0 Å². The van der Waals surface area contributed by atoms with Crippen LogP contribution in [0.3, 0.4) is 0 Å². The lowest BCUT2D eigenvalue weighted by Crippen LogP contribution is -2.50. The van der Waals surface area contributed by atoms with Crippen molar-refractivity contribution in [2.75, 3.05) is 6.61 Å². The van der Waals surface area contributed by atoms with Gasteiger partial charge in [-0.1, -0.05) is 263 Å². The summed E-state index contributed by atoms with van der Waals surface area (Å²) in [6, 6.07) is -0.809. The van der Waals surface area contributed by atoms with Crippen LogP contribution in [0.2, 0.25) is 0 Å². The van der Waals surface area contributed by atoms with E-state index in [-0.39, 0.29) is 12.5 Å². The van der Waals surface area contributed by atoms with Crippen LogP contribution in [0, 0.1) is 0 Å². The summed E-state index contributed by atoms with van der Waals surface area (Å²) in [5.41, 5.74) is 0. The van der Waals surface area contributed by atoms with Gasteiger partial charge in [0.05, 0.1) is 18.8 Å². The van der Waals surface area contributed by atoms with E-state index in [0.717, 1.165) is 44.9 Å². The van der Waals surface area contributed by atoms with E-state index in [2.05, 4.69) is 43.5 Å². The number of nitrogens with one attached hydrogen (secondary N) is 1. The topological polar surface area (TPSA) is 89.8 Å². The van der Waals surface area contributed by atoms with Crippen LogP contribution in [-0.4, -0.2) is 46.1 Å². The number of hydrogen-bond acceptors (Lipinski definition) is 4. The van der Waals surface area contributed by atoms with Crippen molar-refractivity contribution in [1.82, 2.24) is 5.32 Å². The summed E-state index contributed by atoms with van der Waals surface area (Å²) in [5, 5.41) is 33.7. The van der Waals surface area contributed by atoms with Crippen molar-refractivity contribution < 1.29 is 20.1 Å². The van der Waals surface area contributed by atoms with Crippen molar-refractivity contribution in [3.8, 4) is 0 Å². The molecule has 0 aromatic heterocycles. The minimum Gasteiger partial charge on any atom is -0.394 e. The maximum atomic E-state index is 12.5. The number of allylic oxidation sites excluding steroid dienone is 4. The minimum atomic E-state index is -1.14. The Morgan fingerprint density at radius 3 is 1.07 bits per heavy atom. The number of aliphatic hydroxyl groups excluding tert-OH is 3. The Morgan fingerprint density at radius 2 is 0.729 bits per heavy atom. The van der Waals surface area contributed by atoms with Crippen LogP contribution in [0.5, 0.6) is 0 Å². The van der Waals surface area contributed by atoms with Crippen LogP contribution in [0.15, 0.2) is 24.3 Å². The Balaban J connectivity index is 3.55. The molecule has 3 unspecified atom stereocenters. The normalized spacial score (nSPS) is 13.5. The lowest BCUT2D eigenvalue weighted by Gasteiger charge is -2.26. The van der Waals surface area contributed by atoms with Gasteiger partial charge in [-0.15, -0.1) is 0 Å². The number of hydrogen-bond donors (Lipinski definition) is 4. The van der Waals surface area contributed by atoms with E-state index in [1.165, 1.54) is 218 Å². The third-order valence-corrected chi connectivity index (χ3v) is 12.6. The standard InChI is InChI=1S/C54H105NO4/c1-3-5-7-9-11-13-15-17-19-21-23-24-25-26-27-28-29-30-31-33-35-37-39-41-43-45-47-49-53(58)55-51(50-56)54(59)52(57)48-46-44-42-40-38-36-34-32-22-20-18-16-14-12-10-8-6-4-2/h23-24,26-27,51-52,54,56-57,59H,3-22,25,28-50H2,1-2H3,(H,55,58)/b24-23-,27-26-. The fourth-order valence-corrected chi connectivity index (χ4v) is 8.43. The van der Waals surface area contributed by atoms with E-state index in [1.807, 2.05) is 0 Å². The van der Waals surface area contributed by atoms with Crippen LogP contribution in [0.4, 0.5) is 0 Å². The summed E-state index contributed by atoms with van der Waals surface area (Å²) in [5.74, 6) is -0.143. The molecule has 350 valence electrons. The average Bonchev–Trinajstić information content (AvgIpc) is 3.24. The van der Waals surface area contributed by atoms with E-state index in [1.54, 1.807) is 0 Å². The van der Waals surface area contributed by atoms with Gasteiger partial charge in [0.25, 0.3) is 0 Å². The summed E-state index contributed by atoms with van der Waals surface area (Å²) in [4.78, 5) is 12.5. The summed E-state index contributed by atoms with van der Waals surface area (Å²) < 4.78 is 0. The van der Waals surface area contributed by atoms with E-state index < -0.39 is 18.2 Å². The zero-order valence-electron chi connectivity index (χ0n) is 39.9. The molecule has 0 bridgehead atoms. The van der Waals surface area contributed by atoms with Gasteiger partial charge < -0.3 is 20.6 Å². The molecular formula is C54H105NO4. The highest BCUT2D eigenvalue weighted by molar-refractivity contribution is 5.76. The van der Waals surface area contributed by atoms with Gasteiger partial charge in [0.15, 0.2) is 0 Å². The third-order valence-electron chi connectivity index (χ3n) is 12.6. The first-order chi connectivity index (χ1) is 29.1. The molecule has 0 fully saturated rings. The highest BCUT2D eigenvalue weighted by Crippen LogP contribution is 2.17. The average molecular weight is 832 g/mol. The molecule has 0 saturated carbocycles. The molecule has 5 nitrogen and oxygen atoms in total. The summed E-state index contributed by atoms with van der Waals surface area (Å²) in [6.07, 6.45) is 61.7. The Labute approximate surface area is 369 Å². The van der Waals surface area contributed by atoms with E-state index in [9.17, 15) is 20.1 Å². The summed E-state index contributed by atoms with van der Waals surface area (Å²) >= 11 is 0. The molecule has 0 radical (unpaired) electrons. The number of rotatable bonds is 49. The zero-order valence-corrected chi connectivity index (χ0v) is 39.9. The first-order valence-electron chi connectivity index (χ1n) is 26.6. The van der Waals surface area contributed by atoms with E-state index >= 15 is 0 Å². The first kappa shape index (κ1) is 57.8. The molecule has 4 N–H and O–H groups in total. The van der Waals surface area contributed by atoms with Crippen LogP contribution in [0.25, 0.3) is 0 Å². The van der Waals surface area contributed by atoms with Crippen molar-refractivity contribution in [2.24, 2.45) is 0 Å². The minimum absolute atomic E-state index is 0.143. The van der Waals surface area contributed by atoms with Crippen molar-refractivity contribution in [3.05, 3.63) is 24.3 Å². The lowest BCUT2D eigenvalue weighted by atomic mass is 9.99. The number of amides is 1. The van der Waals surface area contributed by atoms with Crippen molar-refractivity contribution in [2.45, 2.75) is 308 Å². The summed E-state index contributed by atoms with van der Waals surface area (Å²) in [6.45, 7) is 4.21. The largest absolute Gasteiger partial charge is 0.394 e. The highest BCUT2D eigenvalue weighted by atomic mass is 16.3. The zero-order chi connectivity index (χ0) is 43.0. The first-order valence-corrected chi connectivity index (χ1v) is 26.6. The maximum absolute atomic E-state index is 12.5. The Bertz CT molecular complexity index is 874. The lowest BCUT2D eigenvalue weighted by molar-refractivity contribution is -0.124. The molecule has 0 spiro atoms. The number of aliphatic hydroxyl groups is 3. The quantitative estimate of drug-likeness (QED) is 0.0363. The molecule has 0 saturated heterocycles. The predicted octanol–water partition coefficient (Wildman–Crippen LogP) is 16.1. The van der Waals surface area contributed by atoms with Gasteiger partial charge in [-0.25, -0.2) is 0 Å². The van der Waals surface area contributed by atoms with Crippen LogP contribution < -0.4 is 5.32 Å². The molecule has 0 aliphatic rings. The molecule has 5 heteroatoms. The van der Waals surface area contributed by atoms with E-state index in [0.29, 0.717) is 12.8 Å². The molecule has 0 rings (SSSR count). The van der Waals surface area contributed by atoms with Crippen LogP contribution >= 0.6 is 0 Å². The fourth-order valence-electron chi connectivity index (χ4n) is 8.43. The van der Waals surface area contributed by atoms with Crippen LogP contribution in [-0.2, 0) is 4.79 Å². The second-order valence-electron chi connectivity index (χ2n) is 18.4. The fraction of sp³-hybridized carbons (Fsp3) is 0.907. The molecule has 0 aliphatic carbocycles. The van der Waals surface area contributed by atoms with Gasteiger partial charge >= 0.3 is 0 Å². The van der Waals surface area contributed by atoms with Crippen molar-refractivity contribution in [3.63, 3.8) is 0 Å². The van der Waals surface area contributed by atoms with Gasteiger partial charge in [-0.05, 0) is 44.9 Å².